The van der Waals surface area contributed by atoms with E-state index in [9.17, 15) is 4.79 Å². The Bertz CT molecular complexity index is 801. The van der Waals surface area contributed by atoms with E-state index in [2.05, 4.69) is 17.4 Å². The Morgan fingerprint density at radius 3 is 2.07 bits per heavy atom. The van der Waals surface area contributed by atoms with Crippen molar-refractivity contribution < 1.29 is 23.7 Å². The van der Waals surface area contributed by atoms with E-state index in [1.807, 2.05) is 45.0 Å². The van der Waals surface area contributed by atoms with Gasteiger partial charge in [-0.1, -0.05) is 24.3 Å². The third-order valence-electron chi connectivity index (χ3n) is 4.31. The Hall–Kier alpha value is -2.89. The standard InChI is InChI=1S/C23H31NO5/c1-23(2,3)29-22(25)24-15-17-9-7-8-16(12-17)10-11-19-20(27-5)13-18(26-4)14-21(19)28-6/h7-9,12-14H,10-11,15H2,1-6H3,(H,24,25). The molecule has 0 aliphatic heterocycles. The van der Waals surface area contributed by atoms with Crippen LogP contribution >= 0.6 is 0 Å². The molecule has 0 saturated carbocycles. The summed E-state index contributed by atoms with van der Waals surface area (Å²) in [4.78, 5) is 11.8. The number of carbonyl (C=O) groups is 1. The van der Waals surface area contributed by atoms with Crippen molar-refractivity contribution in [1.82, 2.24) is 5.32 Å². The Balaban J connectivity index is 2.05. The summed E-state index contributed by atoms with van der Waals surface area (Å²) in [5.41, 5.74) is 2.66. The summed E-state index contributed by atoms with van der Waals surface area (Å²) < 4.78 is 21.6. The van der Waals surface area contributed by atoms with Gasteiger partial charge in [0.25, 0.3) is 0 Å². The van der Waals surface area contributed by atoms with Crippen LogP contribution in [0.25, 0.3) is 0 Å². The van der Waals surface area contributed by atoms with E-state index >= 15 is 0 Å². The second-order valence-electron chi connectivity index (χ2n) is 7.69. The molecule has 0 aliphatic rings. The van der Waals surface area contributed by atoms with Gasteiger partial charge < -0.3 is 24.3 Å². The van der Waals surface area contributed by atoms with E-state index in [0.29, 0.717) is 12.3 Å². The minimum atomic E-state index is -0.511. The van der Waals surface area contributed by atoms with Gasteiger partial charge in [-0.05, 0) is 44.7 Å². The van der Waals surface area contributed by atoms with Crippen LogP contribution in [0.5, 0.6) is 17.2 Å². The number of hydrogen-bond acceptors (Lipinski definition) is 5. The maximum Gasteiger partial charge on any atom is 0.407 e. The number of rotatable bonds is 8. The third-order valence-corrected chi connectivity index (χ3v) is 4.31. The number of ether oxygens (including phenoxy) is 4. The van der Waals surface area contributed by atoms with Crippen LogP contribution in [0.2, 0.25) is 0 Å². The number of alkyl carbamates (subject to hydrolysis) is 1. The number of carbonyl (C=O) groups excluding carboxylic acids is 1. The molecule has 1 amide bonds. The number of benzene rings is 2. The van der Waals surface area contributed by atoms with Crippen molar-refractivity contribution in [2.24, 2.45) is 0 Å². The minimum Gasteiger partial charge on any atom is -0.496 e. The van der Waals surface area contributed by atoms with Gasteiger partial charge in [-0.15, -0.1) is 0 Å². The molecule has 1 N–H and O–H groups in total. The highest BCUT2D eigenvalue weighted by Crippen LogP contribution is 2.35. The second-order valence-corrected chi connectivity index (χ2v) is 7.69. The molecule has 0 aliphatic carbocycles. The summed E-state index contributed by atoms with van der Waals surface area (Å²) in [6.07, 6.45) is 1.13. The van der Waals surface area contributed by atoms with Gasteiger partial charge in [-0.25, -0.2) is 4.79 Å². The summed E-state index contributed by atoms with van der Waals surface area (Å²) in [5.74, 6) is 2.17. The molecule has 0 spiro atoms. The molecule has 0 atom stereocenters. The Morgan fingerprint density at radius 2 is 1.52 bits per heavy atom. The summed E-state index contributed by atoms with van der Waals surface area (Å²) in [7, 11) is 4.89. The van der Waals surface area contributed by atoms with Crippen LogP contribution in [0.3, 0.4) is 0 Å². The zero-order valence-corrected chi connectivity index (χ0v) is 18.1. The molecule has 2 aromatic carbocycles. The average Bonchev–Trinajstić information content (AvgIpc) is 2.69. The molecule has 0 saturated heterocycles. The molecular formula is C23H31NO5. The van der Waals surface area contributed by atoms with Crippen LogP contribution in [0.1, 0.15) is 37.5 Å². The number of hydrogen-bond donors (Lipinski definition) is 1. The van der Waals surface area contributed by atoms with E-state index < -0.39 is 11.7 Å². The summed E-state index contributed by atoms with van der Waals surface area (Å²) in [6.45, 7) is 5.94. The van der Waals surface area contributed by atoms with Gasteiger partial charge in [0, 0.05) is 24.2 Å². The molecular weight excluding hydrogens is 370 g/mol. The fourth-order valence-electron chi connectivity index (χ4n) is 2.98. The van der Waals surface area contributed by atoms with Crippen molar-refractivity contribution in [3.05, 3.63) is 53.1 Å². The monoisotopic (exact) mass is 401 g/mol. The summed E-state index contributed by atoms with van der Waals surface area (Å²) >= 11 is 0. The van der Waals surface area contributed by atoms with E-state index in [1.54, 1.807) is 21.3 Å². The Kier molecular flexibility index (Phi) is 7.76. The van der Waals surface area contributed by atoms with Crippen molar-refractivity contribution >= 4 is 6.09 Å². The molecule has 0 bridgehead atoms. The van der Waals surface area contributed by atoms with Gasteiger partial charge in [0.1, 0.15) is 22.8 Å². The van der Waals surface area contributed by atoms with Gasteiger partial charge in [0.05, 0.1) is 21.3 Å². The fourth-order valence-corrected chi connectivity index (χ4v) is 2.98. The maximum atomic E-state index is 11.8. The number of aryl methyl sites for hydroxylation is 1. The van der Waals surface area contributed by atoms with Crippen LogP contribution in [0.4, 0.5) is 4.79 Å². The van der Waals surface area contributed by atoms with Crippen LogP contribution in [-0.2, 0) is 24.1 Å². The predicted molar refractivity (Wildman–Crippen MR) is 113 cm³/mol. The normalized spacial score (nSPS) is 11.0. The fraction of sp³-hybridized carbons (Fsp3) is 0.435. The predicted octanol–water partition coefficient (Wildman–Crippen LogP) is 4.52. The average molecular weight is 402 g/mol. The molecule has 2 rings (SSSR count). The lowest BCUT2D eigenvalue weighted by atomic mass is 10.0. The molecule has 0 fully saturated rings. The van der Waals surface area contributed by atoms with Crippen LogP contribution in [0, 0.1) is 0 Å². The van der Waals surface area contributed by atoms with Crippen molar-refractivity contribution in [2.75, 3.05) is 21.3 Å². The van der Waals surface area contributed by atoms with Crippen molar-refractivity contribution in [3.8, 4) is 17.2 Å². The lowest BCUT2D eigenvalue weighted by Gasteiger charge is -2.19. The van der Waals surface area contributed by atoms with E-state index in [0.717, 1.165) is 41.0 Å². The smallest absolute Gasteiger partial charge is 0.407 e. The lowest BCUT2D eigenvalue weighted by Crippen LogP contribution is -2.32. The molecule has 0 unspecified atom stereocenters. The summed E-state index contributed by atoms with van der Waals surface area (Å²) in [5, 5.41) is 2.79. The summed E-state index contributed by atoms with van der Waals surface area (Å²) in [6, 6.07) is 11.8. The van der Waals surface area contributed by atoms with Gasteiger partial charge in [0.15, 0.2) is 0 Å². The molecule has 2 aromatic rings. The number of nitrogens with one attached hydrogen (secondary N) is 1. The second kappa shape index (κ2) is 10.0. The first-order valence-electron chi connectivity index (χ1n) is 9.59. The zero-order valence-electron chi connectivity index (χ0n) is 18.1. The van der Waals surface area contributed by atoms with E-state index in [-0.39, 0.29) is 0 Å². The topological polar surface area (TPSA) is 66.0 Å². The Labute approximate surface area is 173 Å². The SMILES string of the molecule is COc1cc(OC)c(CCc2cccc(CNC(=O)OC(C)(C)C)c2)c(OC)c1. The first-order valence-corrected chi connectivity index (χ1v) is 9.59. The highest BCUT2D eigenvalue weighted by Gasteiger charge is 2.16. The number of amides is 1. The van der Waals surface area contributed by atoms with E-state index in [1.165, 1.54) is 0 Å². The molecule has 0 radical (unpaired) electrons. The Morgan fingerprint density at radius 1 is 0.897 bits per heavy atom. The van der Waals surface area contributed by atoms with Crippen molar-refractivity contribution in [1.29, 1.82) is 0 Å². The molecule has 0 heterocycles. The molecule has 29 heavy (non-hydrogen) atoms. The zero-order chi connectivity index (χ0) is 21.4. The maximum absolute atomic E-state index is 11.8. The molecule has 158 valence electrons. The van der Waals surface area contributed by atoms with Gasteiger partial charge in [0.2, 0.25) is 0 Å². The van der Waals surface area contributed by atoms with Crippen molar-refractivity contribution in [3.63, 3.8) is 0 Å². The van der Waals surface area contributed by atoms with Crippen molar-refractivity contribution in [2.45, 2.75) is 45.8 Å². The number of methoxy groups -OCH3 is 3. The highest BCUT2D eigenvalue weighted by atomic mass is 16.6. The van der Waals surface area contributed by atoms with Gasteiger partial charge in [-0.3, -0.25) is 0 Å². The third kappa shape index (κ3) is 6.89. The molecule has 6 heteroatoms. The van der Waals surface area contributed by atoms with Gasteiger partial charge >= 0.3 is 6.09 Å². The lowest BCUT2D eigenvalue weighted by molar-refractivity contribution is 0.0523. The minimum absolute atomic E-state index is 0.415. The van der Waals surface area contributed by atoms with Crippen LogP contribution < -0.4 is 19.5 Å². The van der Waals surface area contributed by atoms with E-state index in [4.69, 9.17) is 18.9 Å². The highest BCUT2D eigenvalue weighted by molar-refractivity contribution is 5.67. The first-order chi connectivity index (χ1) is 13.8. The first kappa shape index (κ1) is 22.4. The molecule has 0 aromatic heterocycles. The van der Waals surface area contributed by atoms with Crippen LogP contribution in [-0.4, -0.2) is 33.0 Å². The van der Waals surface area contributed by atoms with Crippen LogP contribution in [0.15, 0.2) is 36.4 Å². The van der Waals surface area contributed by atoms with Gasteiger partial charge in [-0.2, -0.15) is 0 Å². The largest absolute Gasteiger partial charge is 0.496 e. The molecule has 6 nitrogen and oxygen atoms in total. The quantitative estimate of drug-likeness (QED) is 0.704.